The van der Waals surface area contributed by atoms with E-state index in [0.29, 0.717) is 11.5 Å². The van der Waals surface area contributed by atoms with Crippen LogP contribution in [0.4, 0.5) is 0 Å². The van der Waals surface area contributed by atoms with E-state index in [4.69, 9.17) is 14.4 Å². The number of para-hydroxylation sites is 2. The van der Waals surface area contributed by atoms with Gasteiger partial charge in [-0.1, -0.05) is 121 Å². The van der Waals surface area contributed by atoms with Crippen LogP contribution in [0.25, 0.3) is 114 Å². The predicted molar refractivity (Wildman–Crippen MR) is 222 cm³/mol. The molecule has 0 amide bonds. The highest BCUT2D eigenvalue weighted by atomic mass is 32.1. The van der Waals surface area contributed by atoms with Gasteiger partial charge < -0.3 is 4.42 Å². The van der Waals surface area contributed by atoms with Gasteiger partial charge in [0.1, 0.15) is 16.8 Å². The highest BCUT2D eigenvalue weighted by Crippen LogP contribution is 2.42. The van der Waals surface area contributed by atoms with Gasteiger partial charge in [-0.3, -0.25) is 4.57 Å². The average Bonchev–Trinajstić information content (AvgIpc) is 3.89. The number of fused-ring (bicyclic) bond motifs is 12. The molecule has 246 valence electrons. The monoisotopic (exact) mass is 693 g/mol. The van der Waals surface area contributed by atoms with E-state index < -0.39 is 0 Å². The van der Waals surface area contributed by atoms with Crippen molar-refractivity contribution in [2.24, 2.45) is 0 Å². The zero-order valence-corrected chi connectivity index (χ0v) is 29.1. The summed E-state index contributed by atoms with van der Waals surface area (Å²) in [6.45, 7) is 0. The van der Waals surface area contributed by atoms with Gasteiger partial charge in [0.15, 0.2) is 5.58 Å². The fourth-order valence-electron chi connectivity index (χ4n) is 8.25. The lowest BCUT2D eigenvalue weighted by Gasteiger charge is -2.11. The Morgan fingerprint density at radius 2 is 1.17 bits per heavy atom. The number of nitrogens with zero attached hydrogens (tertiary/aromatic N) is 3. The third-order valence-corrected chi connectivity index (χ3v) is 12.0. The van der Waals surface area contributed by atoms with E-state index in [1.54, 1.807) is 0 Å². The van der Waals surface area contributed by atoms with Gasteiger partial charge in [0.25, 0.3) is 0 Å². The van der Waals surface area contributed by atoms with Crippen molar-refractivity contribution < 1.29 is 4.42 Å². The van der Waals surface area contributed by atoms with E-state index in [-0.39, 0.29) is 0 Å². The number of furan rings is 1. The predicted octanol–water partition coefficient (Wildman–Crippen LogP) is 13.5. The third kappa shape index (κ3) is 4.23. The van der Waals surface area contributed by atoms with Crippen molar-refractivity contribution in [1.29, 1.82) is 0 Å². The molecule has 4 heterocycles. The maximum atomic E-state index is 6.55. The number of aromatic nitrogens is 3. The minimum Gasteiger partial charge on any atom is -0.452 e. The molecule has 4 nitrogen and oxygen atoms in total. The van der Waals surface area contributed by atoms with Gasteiger partial charge in [-0.25, -0.2) is 9.97 Å². The van der Waals surface area contributed by atoms with E-state index in [0.717, 1.165) is 44.3 Å². The molecule has 4 aromatic heterocycles. The molecule has 0 spiro atoms. The summed E-state index contributed by atoms with van der Waals surface area (Å²) in [6.07, 6.45) is 0. The molecule has 0 saturated heterocycles. The SMILES string of the molecule is c1ccc2cc(-c3ccc(-c4nc(-n5c6ccccc6c6cc7ccc8c9ccccc9sc8c7cc65)nc5c4oc4ccccc45)cc3)ccc2c1. The number of thiophene rings is 1. The van der Waals surface area contributed by atoms with Gasteiger partial charge in [0, 0.05) is 47.3 Å². The van der Waals surface area contributed by atoms with E-state index in [2.05, 4.69) is 150 Å². The molecular weight excluding hydrogens is 667 g/mol. The lowest BCUT2D eigenvalue weighted by molar-refractivity contribution is 0.666. The second-order valence-corrected chi connectivity index (χ2v) is 14.8. The molecule has 0 N–H and O–H groups in total. The van der Waals surface area contributed by atoms with Crippen LogP contribution in [0, 0.1) is 0 Å². The zero-order chi connectivity index (χ0) is 34.6. The van der Waals surface area contributed by atoms with Crippen molar-refractivity contribution >= 4 is 96.9 Å². The summed E-state index contributed by atoms with van der Waals surface area (Å²) in [5.74, 6) is 0.617. The molecule has 0 aliphatic rings. The van der Waals surface area contributed by atoms with Crippen LogP contribution >= 0.6 is 11.3 Å². The van der Waals surface area contributed by atoms with E-state index in [1.165, 1.54) is 58.1 Å². The van der Waals surface area contributed by atoms with Crippen LogP contribution in [0.3, 0.4) is 0 Å². The van der Waals surface area contributed by atoms with E-state index >= 15 is 0 Å². The van der Waals surface area contributed by atoms with Gasteiger partial charge in [-0.05, 0) is 69.8 Å². The van der Waals surface area contributed by atoms with Crippen molar-refractivity contribution in [3.63, 3.8) is 0 Å². The lowest BCUT2D eigenvalue weighted by atomic mass is 9.99. The lowest BCUT2D eigenvalue weighted by Crippen LogP contribution is -2.03. The van der Waals surface area contributed by atoms with Crippen LogP contribution in [-0.4, -0.2) is 14.5 Å². The van der Waals surface area contributed by atoms with Gasteiger partial charge in [-0.15, -0.1) is 11.3 Å². The van der Waals surface area contributed by atoms with Crippen molar-refractivity contribution in [2.45, 2.75) is 0 Å². The first-order valence-corrected chi connectivity index (χ1v) is 18.6. The molecule has 0 aliphatic carbocycles. The van der Waals surface area contributed by atoms with Crippen molar-refractivity contribution in [2.75, 3.05) is 0 Å². The summed E-state index contributed by atoms with van der Waals surface area (Å²) in [5, 5.41) is 10.8. The van der Waals surface area contributed by atoms with Crippen molar-refractivity contribution in [3.05, 3.63) is 164 Å². The number of hydrogen-bond donors (Lipinski definition) is 0. The zero-order valence-electron chi connectivity index (χ0n) is 28.2. The van der Waals surface area contributed by atoms with Crippen LogP contribution in [0.2, 0.25) is 0 Å². The first kappa shape index (κ1) is 28.8. The Hall–Kier alpha value is -6.82. The summed E-state index contributed by atoms with van der Waals surface area (Å²) in [4.78, 5) is 10.7. The fourth-order valence-corrected chi connectivity index (χ4v) is 9.48. The molecule has 0 atom stereocenters. The number of hydrogen-bond acceptors (Lipinski definition) is 4. The first-order chi connectivity index (χ1) is 26.2. The Morgan fingerprint density at radius 1 is 0.453 bits per heavy atom. The molecule has 0 unspecified atom stereocenters. The van der Waals surface area contributed by atoms with Crippen molar-refractivity contribution in [1.82, 2.24) is 14.5 Å². The molecule has 12 aromatic rings. The minimum atomic E-state index is 0.617. The maximum Gasteiger partial charge on any atom is 0.236 e. The second-order valence-electron chi connectivity index (χ2n) is 13.8. The Bertz CT molecular complexity index is 3460. The second kappa shape index (κ2) is 10.8. The molecule has 0 fully saturated rings. The molecule has 12 rings (SSSR count). The summed E-state index contributed by atoms with van der Waals surface area (Å²) in [6, 6.07) is 58.4. The third-order valence-electron chi connectivity index (χ3n) is 10.8. The van der Waals surface area contributed by atoms with Gasteiger partial charge in [0.2, 0.25) is 5.95 Å². The van der Waals surface area contributed by atoms with Gasteiger partial charge >= 0.3 is 0 Å². The Morgan fingerprint density at radius 3 is 2.08 bits per heavy atom. The number of benzene rings is 8. The number of rotatable bonds is 3. The molecule has 5 heteroatoms. The highest BCUT2D eigenvalue weighted by molar-refractivity contribution is 7.26. The average molecular weight is 694 g/mol. The summed E-state index contributed by atoms with van der Waals surface area (Å²) in [5.41, 5.74) is 8.50. The minimum absolute atomic E-state index is 0.617. The standard InChI is InChI=1S/C48H27N3OS/c1-2-10-31-25-32(22-19-28(31)9-1)29-17-20-30(21-18-29)44-46-45(37-13-4-7-15-42(37)52-46)50-48(49-44)51-40-14-6-3-11-34(40)39-26-33-23-24-36-35-12-5-8-16-43(35)53-47(36)38(33)27-41(39)51/h1-27H. The van der Waals surface area contributed by atoms with Crippen LogP contribution in [0.15, 0.2) is 168 Å². The molecule has 0 aliphatic heterocycles. The van der Waals surface area contributed by atoms with E-state index in [1.807, 2.05) is 29.5 Å². The topological polar surface area (TPSA) is 43.9 Å². The normalized spacial score (nSPS) is 12.2. The van der Waals surface area contributed by atoms with Crippen LogP contribution in [0.5, 0.6) is 0 Å². The van der Waals surface area contributed by atoms with Crippen LogP contribution < -0.4 is 0 Å². The quantitative estimate of drug-likeness (QED) is 0.185. The van der Waals surface area contributed by atoms with Gasteiger partial charge in [-0.2, -0.15) is 0 Å². The molecule has 0 bridgehead atoms. The Balaban J connectivity index is 1.12. The molecule has 8 aromatic carbocycles. The maximum absolute atomic E-state index is 6.55. The van der Waals surface area contributed by atoms with E-state index in [9.17, 15) is 0 Å². The fraction of sp³-hybridized carbons (Fsp3) is 0. The van der Waals surface area contributed by atoms with Gasteiger partial charge in [0.05, 0.1) is 11.0 Å². The van der Waals surface area contributed by atoms with Crippen LogP contribution in [-0.2, 0) is 0 Å². The highest BCUT2D eigenvalue weighted by Gasteiger charge is 2.22. The largest absolute Gasteiger partial charge is 0.452 e. The molecule has 0 radical (unpaired) electrons. The smallest absolute Gasteiger partial charge is 0.236 e. The Labute approximate surface area is 306 Å². The summed E-state index contributed by atoms with van der Waals surface area (Å²) >= 11 is 1.86. The van der Waals surface area contributed by atoms with Crippen LogP contribution in [0.1, 0.15) is 0 Å². The molecule has 0 saturated carbocycles. The summed E-state index contributed by atoms with van der Waals surface area (Å²) in [7, 11) is 0. The molecule has 53 heavy (non-hydrogen) atoms. The summed E-state index contributed by atoms with van der Waals surface area (Å²) < 4.78 is 11.4. The molecular formula is C48H27N3OS. The van der Waals surface area contributed by atoms with Crippen molar-refractivity contribution in [3.8, 4) is 28.3 Å². The first-order valence-electron chi connectivity index (χ1n) is 17.8. The Kier molecular flexibility index (Phi) is 5.90.